The van der Waals surface area contributed by atoms with Crippen LogP contribution in [0.25, 0.3) is 0 Å². The van der Waals surface area contributed by atoms with Crippen LogP contribution in [0.15, 0.2) is 6.07 Å². The van der Waals surface area contributed by atoms with Crippen molar-refractivity contribution in [3.05, 3.63) is 10.9 Å². The van der Waals surface area contributed by atoms with Crippen molar-refractivity contribution in [1.82, 2.24) is 0 Å². The lowest BCUT2D eigenvalue weighted by Gasteiger charge is -2.14. The number of anilines is 2. The van der Waals surface area contributed by atoms with Crippen LogP contribution < -0.4 is 16.4 Å². The fraction of sp³-hybridized carbons (Fsp3) is 0.583. The molecular formula is C12H17N3OS. The average molecular weight is 251 g/mol. The van der Waals surface area contributed by atoms with Gasteiger partial charge in [-0.15, -0.1) is 11.3 Å². The first-order valence-corrected chi connectivity index (χ1v) is 6.91. The SMILES string of the molecule is Nc1cc(N2CCC(N)C2)sc1C(=O)C1CC1. The molecule has 1 saturated carbocycles. The summed E-state index contributed by atoms with van der Waals surface area (Å²) in [7, 11) is 0. The normalized spacial score (nSPS) is 24.3. The molecule has 5 heteroatoms. The van der Waals surface area contributed by atoms with Gasteiger partial charge < -0.3 is 16.4 Å². The minimum atomic E-state index is 0.238. The molecule has 1 aliphatic heterocycles. The molecule has 0 radical (unpaired) electrons. The summed E-state index contributed by atoms with van der Waals surface area (Å²) in [6.07, 6.45) is 3.07. The number of thiophene rings is 1. The first kappa shape index (κ1) is 11.0. The third-order valence-corrected chi connectivity index (χ3v) is 4.68. The number of nitrogens with zero attached hydrogens (tertiary/aromatic N) is 1. The quantitative estimate of drug-likeness (QED) is 0.798. The van der Waals surface area contributed by atoms with Crippen LogP contribution in [0.4, 0.5) is 10.7 Å². The largest absolute Gasteiger partial charge is 0.397 e. The Morgan fingerprint density at radius 3 is 2.76 bits per heavy atom. The van der Waals surface area contributed by atoms with Gasteiger partial charge in [0.25, 0.3) is 0 Å². The molecule has 2 heterocycles. The fourth-order valence-electron chi connectivity index (χ4n) is 2.26. The minimum Gasteiger partial charge on any atom is -0.397 e. The second-order valence-corrected chi connectivity index (χ2v) is 6.03. The standard InChI is InChI=1S/C12H17N3OS/c13-8-3-4-15(6-8)10-5-9(14)12(17-10)11(16)7-1-2-7/h5,7-8H,1-4,6,13-14H2. The molecule has 1 unspecified atom stereocenters. The van der Waals surface area contributed by atoms with Crippen LogP contribution in [0.3, 0.4) is 0 Å². The third-order valence-electron chi connectivity index (χ3n) is 3.46. The highest BCUT2D eigenvalue weighted by atomic mass is 32.1. The van der Waals surface area contributed by atoms with Gasteiger partial charge in [0.1, 0.15) is 0 Å². The third kappa shape index (κ3) is 2.05. The topological polar surface area (TPSA) is 72.3 Å². The van der Waals surface area contributed by atoms with Gasteiger partial charge in [-0.3, -0.25) is 4.79 Å². The molecule has 2 aliphatic rings. The molecule has 0 spiro atoms. The van der Waals surface area contributed by atoms with E-state index in [0.717, 1.165) is 42.2 Å². The maximum Gasteiger partial charge on any atom is 0.178 e. The number of ketones is 1. The van der Waals surface area contributed by atoms with Crippen LogP contribution in [0.5, 0.6) is 0 Å². The fourth-order valence-corrected chi connectivity index (χ4v) is 3.39. The molecule has 0 bridgehead atoms. The van der Waals surface area contributed by atoms with Gasteiger partial charge in [-0.1, -0.05) is 0 Å². The van der Waals surface area contributed by atoms with Gasteiger partial charge in [0.05, 0.1) is 15.6 Å². The highest BCUT2D eigenvalue weighted by Crippen LogP contribution is 2.40. The Labute approximate surface area is 105 Å². The Bertz CT molecular complexity index is 453. The van der Waals surface area contributed by atoms with E-state index in [0.29, 0.717) is 5.69 Å². The molecule has 2 fully saturated rings. The average Bonchev–Trinajstić information content (AvgIpc) is 2.95. The summed E-state index contributed by atoms with van der Waals surface area (Å²) in [4.78, 5) is 15.0. The van der Waals surface area contributed by atoms with Crippen molar-refractivity contribution in [2.24, 2.45) is 11.7 Å². The molecule has 1 aliphatic carbocycles. The van der Waals surface area contributed by atoms with Gasteiger partial charge in [0.15, 0.2) is 5.78 Å². The number of carbonyl (C=O) groups excluding carboxylic acids is 1. The second-order valence-electron chi connectivity index (χ2n) is 5.00. The molecule has 0 aromatic carbocycles. The van der Waals surface area contributed by atoms with Crippen molar-refractivity contribution in [3.63, 3.8) is 0 Å². The van der Waals surface area contributed by atoms with E-state index in [9.17, 15) is 4.79 Å². The Kier molecular flexibility index (Phi) is 2.60. The summed E-state index contributed by atoms with van der Waals surface area (Å²) in [5.41, 5.74) is 12.5. The zero-order valence-corrected chi connectivity index (χ0v) is 10.5. The second kappa shape index (κ2) is 3.99. The lowest BCUT2D eigenvalue weighted by molar-refractivity contribution is 0.0972. The van der Waals surface area contributed by atoms with Crippen LogP contribution in [0.1, 0.15) is 28.9 Å². The summed E-state index contributed by atoms with van der Waals surface area (Å²) in [5.74, 6) is 0.479. The minimum absolute atomic E-state index is 0.238. The Balaban J connectivity index is 1.82. The Hall–Kier alpha value is -1.07. The van der Waals surface area contributed by atoms with Gasteiger partial charge in [-0.2, -0.15) is 0 Å². The van der Waals surface area contributed by atoms with E-state index >= 15 is 0 Å². The highest BCUT2D eigenvalue weighted by Gasteiger charge is 2.33. The van der Waals surface area contributed by atoms with Gasteiger partial charge in [-0.25, -0.2) is 0 Å². The molecule has 3 rings (SSSR count). The number of nitrogens with two attached hydrogens (primary N) is 2. The van der Waals surface area contributed by atoms with E-state index in [1.165, 1.54) is 11.3 Å². The number of nitrogen functional groups attached to an aromatic ring is 1. The van der Waals surface area contributed by atoms with E-state index in [2.05, 4.69) is 4.90 Å². The number of hydrogen-bond donors (Lipinski definition) is 2. The summed E-state index contributed by atoms with van der Waals surface area (Å²) >= 11 is 1.53. The van der Waals surface area contributed by atoms with Gasteiger partial charge in [-0.05, 0) is 25.3 Å². The van der Waals surface area contributed by atoms with Crippen molar-refractivity contribution in [2.45, 2.75) is 25.3 Å². The summed E-state index contributed by atoms with van der Waals surface area (Å²) in [5, 5.41) is 1.10. The van der Waals surface area contributed by atoms with Crippen LogP contribution in [0.2, 0.25) is 0 Å². The number of hydrogen-bond acceptors (Lipinski definition) is 5. The van der Waals surface area contributed by atoms with E-state index in [1.54, 1.807) is 0 Å². The van der Waals surface area contributed by atoms with Crippen molar-refractivity contribution < 1.29 is 4.79 Å². The number of carbonyl (C=O) groups is 1. The zero-order valence-electron chi connectivity index (χ0n) is 9.69. The van der Waals surface area contributed by atoms with Crippen molar-refractivity contribution in [1.29, 1.82) is 0 Å². The molecule has 1 aromatic heterocycles. The van der Waals surface area contributed by atoms with Gasteiger partial charge in [0, 0.05) is 25.0 Å². The molecule has 1 atom stereocenters. The van der Waals surface area contributed by atoms with Crippen LogP contribution in [-0.2, 0) is 0 Å². The maximum atomic E-state index is 12.0. The molecule has 1 aromatic rings. The lowest BCUT2D eigenvalue weighted by Crippen LogP contribution is -2.25. The smallest absolute Gasteiger partial charge is 0.178 e. The Morgan fingerprint density at radius 2 is 2.18 bits per heavy atom. The monoisotopic (exact) mass is 251 g/mol. The van der Waals surface area contributed by atoms with E-state index in [-0.39, 0.29) is 17.7 Å². The predicted molar refractivity (Wildman–Crippen MR) is 70.6 cm³/mol. The molecular weight excluding hydrogens is 234 g/mol. The maximum absolute atomic E-state index is 12.0. The molecule has 4 N–H and O–H groups in total. The van der Waals surface area contributed by atoms with Crippen molar-refractivity contribution in [2.75, 3.05) is 23.7 Å². The molecule has 92 valence electrons. The van der Waals surface area contributed by atoms with Crippen molar-refractivity contribution in [3.8, 4) is 0 Å². The zero-order chi connectivity index (χ0) is 12.0. The first-order chi connectivity index (χ1) is 8.15. The molecule has 0 amide bonds. The lowest BCUT2D eigenvalue weighted by atomic mass is 10.2. The van der Waals surface area contributed by atoms with Crippen molar-refractivity contribution >= 4 is 27.8 Å². The van der Waals surface area contributed by atoms with Crippen LogP contribution in [0, 0.1) is 5.92 Å². The molecule has 4 nitrogen and oxygen atoms in total. The van der Waals surface area contributed by atoms with Gasteiger partial charge >= 0.3 is 0 Å². The van der Waals surface area contributed by atoms with E-state index < -0.39 is 0 Å². The molecule has 1 saturated heterocycles. The van der Waals surface area contributed by atoms with Crippen LogP contribution in [-0.4, -0.2) is 24.9 Å². The molecule has 17 heavy (non-hydrogen) atoms. The van der Waals surface area contributed by atoms with Crippen LogP contribution >= 0.6 is 11.3 Å². The number of rotatable bonds is 3. The van der Waals surface area contributed by atoms with E-state index in [1.807, 2.05) is 6.07 Å². The summed E-state index contributed by atoms with van der Waals surface area (Å²) < 4.78 is 0. The predicted octanol–water partition coefficient (Wildman–Crippen LogP) is 1.46. The van der Waals surface area contributed by atoms with Gasteiger partial charge in [0.2, 0.25) is 0 Å². The number of Topliss-reactive ketones (excluding diaryl/α,β-unsaturated/α-hetero) is 1. The summed E-state index contributed by atoms with van der Waals surface area (Å²) in [6, 6.07) is 2.18. The highest BCUT2D eigenvalue weighted by molar-refractivity contribution is 7.18. The first-order valence-electron chi connectivity index (χ1n) is 6.09. The Morgan fingerprint density at radius 1 is 1.41 bits per heavy atom. The van der Waals surface area contributed by atoms with E-state index in [4.69, 9.17) is 11.5 Å². The summed E-state index contributed by atoms with van der Waals surface area (Å²) in [6.45, 7) is 1.84.